The Balaban J connectivity index is 1.55. The maximum atomic E-state index is 12.9. The Hall–Kier alpha value is -2.20. The van der Waals surface area contributed by atoms with Crippen molar-refractivity contribution in [1.82, 2.24) is 14.6 Å². The summed E-state index contributed by atoms with van der Waals surface area (Å²) in [6.07, 6.45) is 2.83. The lowest BCUT2D eigenvalue weighted by atomic mass is 10.1. The molecule has 31 heavy (non-hydrogen) atoms. The first-order valence-electron chi connectivity index (χ1n) is 9.98. The van der Waals surface area contributed by atoms with Crippen molar-refractivity contribution >= 4 is 27.7 Å². The summed E-state index contributed by atoms with van der Waals surface area (Å²) in [6.45, 7) is 3.01. The Morgan fingerprint density at radius 2 is 2.10 bits per heavy atom. The van der Waals surface area contributed by atoms with E-state index in [9.17, 15) is 13.2 Å². The van der Waals surface area contributed by atoms with Gasteiger partial charge in [0.2, 0.25) is 10.0 Å². The number of nitrogens with one attached hydrogen (secondary N) is 1. The summed E-state index contributed by atoms with van der Waals surface area (Å²) in [5, 5.41) is 12.1. The molecule has 1 aliphatic rings. The summed E-state index contributed by atoms with van der Waals surface area (Å²) in [5.41, 5.74) is 2.49. The third-order valence-electron chi connectivity index (χ3n) is 5.28. The number of halogens is 1. The van der Waals surface area contributed by atoms with Crippen LogP contribution in [0.2, 0.25) is 5.02 Å². The van der Waals surface area contributed by atoms with Gasteiger partial charge in [0.05, 0.1) is 24.5 Å². The minimum atomic E-state index is -3.67. The van der Waals surface area contributed by atoms with Gasteiger partial charge in [-0.1, -0.05) is 29.8 Å². The van der Waals surface area contributed by atoms with Gasteiger partial charge < -0.3 is 15.2 Å². The Bertz CT molecular complexity index is 995. The lowest BCUT2D eigenvalue weighted by molar-refractivity contribution is 0.0102. The molecule has 1 fully saturated rings. The van der Waals surface area contributed by atoms with Crippen LogP contribution in [0.5, 0.6) is 0 Å². The molecule has 1 aromatic heterocycles. The van der Waals surface area contributed by atoms with Crippen LogP contribution in [0.4, 0.5) is 4.79 Å². The molecule has 1 amide bonds. The molecule has 1 aliphatic heterocycles. The maximum Gasteiger partial charge on any atom is 0.405 e. The van der Waals surface area contributed by atoms with E-state index in [0.29, 0.717) is 43.1 Å². The first kappa shape index (κ1) is 23.5. The number of amides is 1. The molecule has 0 radical (unpaired) electrons. The molecule has 168 valence electrons. The Morgan fingerprint density at radius 3 is 2.71 bits per heavy atom. The van der Waals surface area contributed by atoms with Crippen molar-refractivity contribution < 1.29 is 23.1 Å². The number of hydrogen-bond donors (Lipinski definition) is 2. The van der Waals surface area contributed by atoms with E-state index in [1.54, 1.807) is 18.3 Å². The van der Waals surface area contributed by atoms with E-state index in [-0.39, 0.29) is 11.9 Å². The van der Waals surface area contributed by atoms with Gasteiger partial charge in [0.25, 0.3) is 0 Å². The summed E-state index contributed by atoms with van der Waals surface area (Å²) >= 11 is 6.15. The quantitative estimate of drug-likeness (QED) is 0.616. The van der Waals surface area contributed by atoms with Crippen LogP contribution >= 0.6 is 11.6 Å². The van der Waals surface area contributed by atoms with Crippen LogP contribution in [0, 0.1) is 6.92 Å². The number of rotatable bonds is 8. The highest BCUT2D eigenvalue weighted by atomic mass is 35.5. The van der Waals surface area contributed by atoms with E-state index in [0.717, 1.165) is 11.1 Å². The fraction of sp³-hybridized carbons (Fsp3) is 0.429. The topological polar surface area (TPSA) is 109 Å². The van der Waals surface area contributed by atoms with Gasteiger partial charge in [-0.15, -0.1) is 0 Å². The van der Waals surface area contributed by atoms with Crippen molar-refractivity contribution in [3.8, 4) is 0 Å². The molecule has 0 spiro atoms. The molecule has 2 N–H and O–H groups in total. The minimum absolute atomic E-state index is 0.0437. The molecule has 10 heteroatoms. The van der Waals surface area contributed by atoms with Gasteiger partial charge >= 0.3 is 6.09 Å². The van der Waals surface area contributed by atoms with E-state index in [1.807, 2.05) is 25.1 Å². The second-order valence-corrected chi connectivity index (χ2v) is 9.98. The van der Waals surface area contributed by atoms with Crippen LogP contribution in [0.1, 0.15) is 35.6 Å². The van der Waals surface area contributed by atoms with Crippen LogP contribution in [-0.2, 0) is 21.4 Å². The lowest BCUT2D eigenvalue weighted by Crippen LogP contribution is -2.44. The molecular formula is C21H26ClN3O5S. The summed E-state index contributed by atoms with van der Waals surface area (Å²) in [4.78, 5) is 15.1. The van der Waals surface area contributed by atoms with Crippen molar-refractivity contribution in [2.24, 2.45) is 0 Å². The molecule has 3 rings (SSSR count). The Morgan fingerprint density at radius 1 is 1.35 bits per heavy atom. The molecule has 0 saturated carbocycles. The molecule has 2 aromatic rings. The standard InChI is InChI=1S/C21H26ClN3O5S/c1-15-4-5-16(11-19(15)22)13-30-18-6-9-25(10-7-18)31(28,29)14-20(24-21(26)27)17-3-2-8-23-12-17/h2-5,8,11-12,18,20,24H,6-7,9-10,13-14H2,1H3,(H,26,27). The highest BCUT2D eigenvalue weighted by molar-refractivity contribution is 7.89. The first-order chi connectivity index (χ1) is 14.7. The van der Waals surface area contributed by atoms with E-state index >= 15 is 0 Å². The van der Waals surface area contributed by atoms with Gasteiger partial charge in [-0.05, 0) is 48.6 Å². The number of ether oxygens (including phenoxy) is 1. The van der Waals surface area contributed by atoms with Gasteiger partial charge in [0.15, 0.2) is 0 Å². The monoisotopic (exact) mass is 467 g/mol. The average molecular weight is 468 g/mol. The summed E-state index contributed by atoms with van der Waals surface area (Å²) < 4.78 is 33.2. The molecular weight excluding hydrogens is 442 g/mol. The molecule has 1 saturated heterocycles. The average Bonchev–Trinajstić information content (AvgIpc) is 2.74. The maximum absolute atomic E-state index is 12.9. The molecule has 0 bridgehead atoms. The largest absolute Gasteiger partial charge is 0.465 e. The third kappa shape index (κ3) is 6.64. The molecule has 1 aromatic carbocycles. The van der Waals surface area contributed by atoms with Gasteiger partial charge in [0, 0.05) is 30.5 Å². The van der Waals surface area contributed by atoms with E-state index in [2.05, 4.69) is 10.3 Å². The number of carbonyl (C=O) groups is 1. The van der Waals surface area contributed by atoms with E-state index in [4.69, 9.17) is 21.4 Å². The molecule has 8 nitrogen and oxygen atoms in total. The molecule has 2 heterocycles. The number of aromatic nitrogens is 1. The third-order valence-corrected chi connectivity index (χ3v) is 7.59. The highest BCUT2D eigenvalue weighted by Crippen LogP contribution is 2.23. The second-order valence-electron chi connectivity index (χ2n) is 7.56. The molecule has 1 atom stereocenters. The summed E-state index contributed by atoms with van der Waals surface area (Å²) in [7, 11) is -3.67. The van der Waals surface area contributed by atoms with E-state index in [1.165, 1.54) is 10.5 Å². The van der Waals surface area contributed by atoms with Crippen LogP contribution in [0.15, 0.2) is 42.7 Å². The fourth-order valence-electron chi connectivity index (χ4n) is 3.49. The number of aryl methyl sites for hydroxylation is 1. The zero-order chi connectivity index (χ0) is 22.4. The zero-order valence-corrected chi connectivity index (χ0v) is 18.8. The smallest absolute Gasteiger partial charge is 0.405 e. The predicted octanol–water partition coefficient (Wildman–Crippen LogP) is 3.36. The Labute approximate surface area is 187 Å². The van der Waals surface area contributed by atoms with Gasteiger partial charge in [0.1, 0.15) is 0 Å². The van der Waals surface area contributed by atoms with Crippen molar-refractivity contribution in [2.45, 2.75) is 38.5 Å². The van der Waals surface area contributed by atoms with Crippen LogP contribution < -0.4 is 5.32 Å². The number of sulfonamides is 1. The summed E-state index contributed by atoms with van der Waals surface area (Å²) in [6, 6.07) is 8.19. The van der Waals surface area contributed by atoms with E-state index < -0.39 is 22.2 Å². The second kappa shape index (κ2) is 10.4. The molecule has 0 aliphatic carbocycles. The van der Waals surface area contributed by atoms with Crippen molar-refractivity contribution in [2.75, 3.05) is 18.8 Å². The highest BCUT2D eigenvalue weighted by Gasteiger charge is 2.31. The SMILES string of the molecule is Cc1ccc(COC2CCN(S(=O)(=O)CC(NC(=O)O)c3cccnc3)CC2)cc1Cl. The first-order valence-corrected chi connectivity index (χ1v) is 12.0. The van der Waals surface area contributed by atoms with Crippen LogP contribution in [0.3, 0.4) is 0 Å². The van der Waals surface area contributed by atoms with Gasteiger partial charge in [-0.3, -0.25) is 4.98 Å². The van der Waals surface area contributed by atoms with Crippen LogP contribution in [-0.4, -0.2) is 53.9 Å². The number of carboxylic acid groups (broad SMARTS) is 1. The Kier molecular flexibility index (Phi) is 7.88. The lowest BCUT2D eigenvalue weighted by Gasteiger charge is -2.32. The number of pyridine rings is 1. The minimum Gasteiger partial charge on any atom is -0.465 e. The number of piperidine rings is 1. The normalized spacial score (nSPS) is 16.7. The predicted molar refractivity (Wildman–Crippen MR) is 117 cm³/mol. The fourth-order valence-corrected chi connectivity index (χ4v) is 5.36. The molecule has 1 unspecified atom stereocenters. The number of nitrogens with zero attached hydrogens (tertiary/aromatic N) is 2. The summed E-state index contributed by atoms with van der Waals surface area (Å²) in [5.74, 6) is -0.363. The zero-order valence-electron chi connectivity index (χ0n) is 17.2. The van der Waals surface area contributed by atoms with Crippen LogP contribution in [0.25, 0.3) is 0 Å². The van der Waals surface area contributed by atoms with Gasteiger partial charge in [-0.25, -0.2) is 17.5 Å². The number of hydrogen-bond acceptors (Lipinski definition) is 5. The number of benzene rings is 1. The van der Waals surface area contributed by atoms with Crippen molar-refractivity contribution in [3.05, 3.63) is 64.4 Å². The van der Waals surface area contributed by atoms with Gasteiger partial charge in [-0.2, -0.15) is 0 Å². The van der Waals surface area contributed by atoms with Crippen molar-refractivity contribution in [1.29, 1.82) is 0 Å². The van der Waals surface area contributed by atoms with Crippen molar-refractivity contribution in [3.63, 3.8) is 0 Å².